The molecule has 1 aliphatic carbocycles. The summed E-state index contributed by atoms with van der Waals surface area (Å²) < 4.78 is 5.70. The van der Waals surface area contributed by atoms with Crippen LogP contribution in [0.3, 0.4) is 0 Å². The Morgan fingerprint density at radius 3 is 2.28 bits per heavy atom. The number of carboxylic acid groups (broad SMARTS) is 1. The van der Waals surface area contributed by atoms with E-state index in [-0.39, 0.29) is 86.1 Å². The molecule has 1 heterocycles. The van der Waals surface area contributed by atoms with Gasteiger partial charge in [-0.1, -0.05) is 65.3 Å². The van der Waals surface area contributed by atoms with Crippen LogP contribution in [0.5, 0.6) is 5.75 Å². The van der Waals surface area contributed by atoms with Crippen molar-refractivity contribution in [3.63, 3.8) is 0 Å². The van der Waals surface area contributed by atoms with Crippen LogP contribution in [-0.4, -0.2) is 5.97 Å². The summed E-state index contributed by atoms with van der Waals surface area (Å²) in [5, 5.41) is 23.6. The van der Waals surface area contributed by atoms with Crippen LogP contribution in [0.2, 0.25) is 10.0 Å². The predicted molar refractivity (Wildman–Crippen MR) is 98.3 cm³/mol. The van der Waals surface area contributed by atoms with Crippen LogP contribution >= 0.6 is 23.2 Å². The molecule has 2 aromatic carbocycles. The molecule has 0 amide bonds. The summed E-state index contributed by atoms with van der Waals surface area (Å²) in [4.78, 5) is 23.6. The molecule has 0 saturated heterocycles. The summed E-state index contributed by atoms with van der Waals surface area (Å²) in [5.41, 5.74) is 0.655. The third kappa shape index (κ3) is 4.11. The Labute approximate surface area is 219 Å². The SMILES string of the molecule is O=C([O-])c1ccccc1-c1c2ccc(=O)c(Cl)c-2oc2c(Cl)c([O-])ccc12.[Na+].[Na+]. The molecule has 134 valence electrons. The second-order valence-corrected chi connectivity index (χ2v) is 6.57. The minimum Gasteiger partial charge on any atom is -0.871 e. The Balaban J connectivity index is 0.00000150. The van der Waals surface area contributed by atoms with Crippen molar-refractivity contribution >= 4 is 40.1 Å². The predicted octanol–water partition coefficient (Wildman–Crippen LogP) is -2.68. The van der Waals surface area contributed by atoms with E-state index >= 15 is 0 Å². The minimum atomic E-state index is -1.37. The van der Waals surface area contributed by atoms with Gasteiger partial charge in [-0.15, -0.1) is 0 Å². The van der Waals surface area contributed by atoms with E-state index in [1.807, 2.05) is 0 Å². The van der Waals surface area contributed by atoms with Gasteiger partial charge in [0.05, 0.1) is 11.0 Å². The molecule has 0 saturated carbocycles. The van der Waals surface area contributed by atoms with E-state index in [1.165, 1.54) is 30.3 Å². The summed E-state index contributed by atoms with van der Waals surface area (Å²) in [6.07, 6.45) is 0. The Morgan fingerprint density at radius 1 is 0.897 bits per heavy atom. The zero-order chi connectivity index (χ0) is 19.3. The van der Waals surface area contributed by atoms with E-state index in [4.69, 9.17) is 27.6 Å². The maximum atomic E-state index is 12.0. The monoisotopic (exact) mass is 444 g/mol. The summed E-state index contributed by atoms with van der Waals surface area (Å²) in [6, 6.07) is 11.7. The number of hydrogen-bond donors (Lipinski definition) is 0. The molecule has 2 aromatic rings. The fourth-order valence-electron chi connectivity index (χ4n) is 3.09. The van der Waals surface area contributed by atoms with Crippen molar-refractivity contribution in [1.29, 1.82) is 0 Å². The number of aromatic carboxylic acids is 1. The van der Waals surface area contributed by atoms with Crippen molar-refractivity contribution in [2.24, 2.45) is 0 Å². The van der Waals surface area contributed by atoms with Crippen LogP contribution in [0.1, 0.15) is 10.4 Å². The van der Waals surface area contributed by atoms with Gasteiger partial charge < -0.3 is 19.4 Å². The largest absolute Gasteiger partial charge is 1.00 e. The number of carboxylic acids is 1. The van der Waals surface area contributed by atoms with Gasteiger partial charge >= 0.3 is 59.1 Å². The Morgan fingerprint density at radius 2 is 1.59 bits per heavy atom. The first kappa shape index (κ1) is 24.3. The zero-order valence-electron chi connectivity index (χ0n) is 15.4. The van der Waals surface area contributed by atoms with E-state index < -0.39 is 17.1 Å². The first-order valence-corrected chi connectivity index (χ1v) is 8.51. The number of benzene rings is 3. The molecule has 4 rings (SSSR count). The number of halogens is 2. The molecule has 29 heavy (non-hydrogen) atoms. The quantitative estimate of drug-likeness (QED) is 0.248. The van der Waals surface area contributed by atoms with Crippen molar-refractivity contribution in [1.82, 2.24) is 0 Å². The molecule has 2 aliphatic rings. The maximum Gasteiger partial charge on any atom is 1.00 e. The van der Waals surface area contributed by atoms with Gasteiger partial charge in [-0.05, 0) is 17.7 Å². The molecule has 1 aliphatic heterocycles. The summed E-state index contributed by atoms with van der Waals surface area (Å²) in [5.74, 6) is -1.82. The zero-order valence-corrected chi connectivity index (χ0v) is 20.9. The van der Waals surface area contributed by atoms with Gasteiger partial charge in [0.1, 0.15) is 5.02 Å². The number of fused-ring (bicyclic) bond motifs is 2. The van der Waals surface area contributed by atoms with Gasteiger partial charge in [-0.25, -0.2) is 0 Å². The molecule has 0 bridgehead atoms. The average molecular weight is 445 g/mol. The molecule has 0 radical (unpaired) electrons. The van der Waals surface area contributed by atoms with E-state index in [0.717, 1.165) is 0 Å². The molecule has 5 nitrogen and oxygen atoms in total. The second kappa shape index (κ2) is 9.41. The summed E-state index contributed by atoms with van der Waals surface area (Å²) in [7, 11) is 0. The molecular formula is C20H8Cl2Na2O5. The van der Waals surface area contributed by atoms with E-state index in [1.54, 1.807) is 18.2 Å². The molecule has 0 spiro atoms. The number of rotatable bonds is 2. The van der Waals surface area contributed by atoms with Crippen molar-refractivity contribution in [3.8, 4) is 28.2 Å². The molecule has 0 fully saturated rings. The van der Waals surface area contributed by atoms with Crippen LogP contribution in [0.25, 0.3) is 33.4 Å². The Hall–Kier alpha value is -1.02. The average Bonchev–Trinajstić information content (AvgIpc) is 2.66. The van der Waals surface area contributed by atoms with Crippen LogP contribution in [-0.2, 0) is 0 Å². The van der Waals surface area contributed by atoms with Gasteiger partial charge in [0, 0.05) is 22.1 Å². The van der Waals surface area contributed by atoms with Crippen molar-refractivity contribution in [2.45, 2.75) is 0 Å². The van der Waals surface area contributed by atoms with E-state index in [0.29, 0.717) is 22.1 Å². The first-order chi connectivity index (χ1) is 12.9. The van der Waals surface area contributed by atoms with Crippen LogP contribution < -0.4 is 74.8 Å². The number of carbonyl (C=O) groups excluding carboxylic acids is 1. The van der Waals surface area contributed by atoms with Gasteiger partial charge in [0.15, 0.2) is 11.3 Å². The van der Waals surface area contributed by atoms with Gasteiger partial charge in [-0.3, -0.25) is 4.79 Å². The molecule has 0 atom stereocenters. The number of hydrogen-bond acceptors (Lipinski definition) is 5. The van der Waals surface area contributed by atoms with Gasteiger partial charge in [0.25, 0.3) is 0 Å². The van der Waals surface area contributed by atoms with Gasteiger partial charge in [-0.2, -0.15) is 0 Å². The molecule has 0 unspecified atom stereocenters. The minimum absolute atomic E-state index is 0. The fourth-order valence-corrected chi connectivity index (χ4v) is 3.49. The van der Waals surface area contributed by atoms with Gasteiger partial charge in [0.2, 0.25) is 5.43 Å². The maximum absolute atomic E-state index is 12.0. The van der Waals surface area contributed by atoms with E-state index in [2.05, 4.69) is 0 Å². The third-order valence-electron chi connectivity index (χ3n) is 4.28. The van der Waals surface area contributed by atoms with Crippen molar-refractivity contribution in [3.05, 3.63) is 74.4 Å². The van der Waals surface area contributed by atoms with E-state index in [9.17, 15) is 19.8 Å². The standard InChI is InChI=1S/C20H10Cl2O5.2Na/c21-16-13(23)7-5-11-15(9-3-1-2-4-10(9)20(25)26)12-6-8-14(24)17(22)19(12)27-18(11)16;;/h1-8,23H,(H,25,26);;/q;2*+1/p-2. The smallest absolute Gasteiger partial charge is 0.871 e. The molecule has 0 aromatic heterocycles. The van der Waals surface area contributed by atoms with Crippen molar-refractivity contribution < 1.29 is 78.5 Å². The second-order valence-electron chi connectivity index (χ2n) is 5.82. The Kier molecular flexibility index (Phi) is 7.87. The third-order valence-corrected chi connectivity index (χ3v) is 5.00. The molecule has 0 N–H and O–H groups in total. The van der Waals surface area contributed by atoms with Crippen molar-refractivity contribution in [2.75, 3.05) is 0 Å². The fraction of sp³-hybridized carbons (Fsp3) is 0. The normalized spacial score (nSPS) is 10.4. The van der Waals surface area contributed by atoms with Crippen LogP contribution in [0, 0.1) is 0 Å². The summed E-state index contributed by atoms with van der Waals surface area (Å²) >= 11 is 12.2. The first-order valence-electron chi connectivity index (χ1n) is 7.75. The topological polar surface area (TPSA) is 93.4 Å². The Bertz CT molecular complexity index is 1270. The number of carbonyl (C=O) groups is 1. The molecular weight excluding hydrogens is 437 g/mol. The molecule has 9 heteroatoms. The summed E-state index contributed by atoms with van der Waals surface area (Å²) in [6.45, 7) is 0. The van der Waals surface area contributed by atoms with Crippen LogP contribution in [0.15, 0.2) is 57.7 Å². The van der Waals surface area contributed by atoms with Crippen LogP contribution in [0.4, 0.5) is 0 Å².